The maximum Gasteiger partial charge on any atom is 0.339 e. The predicted octanol–water partition coefficient (Wildman–Crippen LogP) is 2.95. The van der Waals surface area contributed by atoms with Gasteiger partial charge in [0.05, 0.1) is 25.1 Å². The molecule has 0 aliphatic carbocycles. The standard InChI is InChI=1S/C13H10ClFN2O3/c1-6-3-7(11(13(18)19)12(14)17-6)10-8(15)4-16-5-9(10)20-2/h3-5H,1-2H3,(H,18,19). The Morgan fingerprint density at radius 2 is 2.15 bits per heavy atom. The van der Waals surface area contributed by atoms with E-state index in [-0.39, 0.29) is 27.6 Å². The van der Waals surface area contributed by atoms with Gasteiger partial charge in [0.25, 0.3) is 0 Å². The molecule has 0 spiro atoms. The minimum absolute atomic E-state index is 0.00713. The van der Waals surface area contributed by atoms with Crippen LogP contribution in [0.15, 0.2) is 18.5 Å². The molecular formula is C13H10ClFN2O3. The zero-order valence-electron chi connectivity index (χ0n) is 10.6. The van der Waals surface area contributed by atoms with Crippen molar-refractivity contribution < 1.29 is 19.0 Å². The van der Waals surface area contributed by atoms with Crippen molar-refractivity contribution in [2.75, 3.05) is 7.11 Å². The molecule has 0 bridgehead atoms. The first-order valence-corrected chi connectivity index (χ1v) is 5.91. The Morgan fingerprint density at radius 1 is 1.45 bits per heavy atom. The molecule has 0 aliphatic heterocycles. The number of carboxylic acids is 1. The highest BCUT2D eigenvalue weighted by Crippen LogP contribution is 2.36. The van der Waals surface area contributed by atoms with Gasteiger partial charge in [-0.1, -0.05) is 11.6 Å². The molecule has 7 heteroatoms. The summed E-state index contributed by atoms with van der Waals surface area (Å²) < 4.78 is 19.1. The fraction of sp³-hybridized carbons (Fsp3) is 0.154. The van der Waals surface area contributed by atoms with Gasteiger partial charge in [-0.05, 0) is 13.0 Å². The molecule has 1 N–H and O–H groups in total. The Labute approximate surface area is 119 Å². The van der Waals surface area contributed by atoms with Crippen LogP contribution in [0.4, 0.5) is 4.39 Å². The summed E-state index contributed by atoms with van der Waals surface area (Å²) >= 11 is 5.86. The molecule has 5 nitrogen and oxygen atoms in total. The summed E-state index contributed by atoms with van der Waals surface area (Å²) in [6.07, 6.45) is 2.28. The molecule has 104 valence electrons. The summed E-state index contributed by atoms with van der Waals surface area (Å²) in [4.78, 5) is 18.9. The summed E-state index contributed by atoms with van der Waals surface area (Å²) in [5.41, 5.74) is 0.285. The summed E-state index contributed by atoms with van der Waals surface area (Å²) in [6.45, 7) is 1.63. The van der Waals surface area contributed by atoms with Crippen molar-refractivity contribution in [3.8, 4) is 16.9 Å². The number of ether oxygens (including phenoxy) is 1. The quantitative estimate of drug-likeness (QED) is 0.882. The molecule has 0 saturated heterocycles. The summed E-state index contributed by atoms with van der Waals surface area (Å²) in [5.74, 6) is -1.88. The van der Waals surface area contributed by atoms with Crippen LogP contribution in [0.5, 0.6) is 5.75 Å². The Balaban J connectivity index is 2.85. The molecule has 0 amide bonds. The molecular weight excluding hydrogens is 287 g/mol. The zero-order valence-corrected chi connectivity index (χ0v) is 11.4. The molecule has 20 heavy (non-hydrogen) atoms. The van der Waals surface area contributed by atoms with E-state index in [0.717, 1.165) is 6.20 Å². The molecule has 0 aliphatic rings. The van der Waals surface area contributed by atoms with E-state index in [0.29, 0.717) is 5.69 Å². The van der Waals surface area contributed by atoms with Crippen molar-refractivity contribution in [2.45, 2.75) is 6.92 Å². The lowest BCUT2D eigenvalue weighted by Crippen LogP contribution is -2.05. The van der Waals surface area contributed by atoms with Gasteiger partial charge in [-0.15, -0.1) is 0 Å². The Morgan fingerprint density at radius 3 is 2.75 bits per heavy atom. The average Bonchev–Trinajstić information content (AvgIpc) is 2.36. The normalized spacial score (nSPS) is 10.4. The van der Waals surface area contributed by atoms with E-state index >= 15 is 0 Å². The molecule has 2 heterocycles. The monoisotopic (exact) mass is 296 g/mol. The zero-order chi connectivity index (χ0) is 14.9. The number of nitrogens with zero attached hydrogens (tertiary/aromatic N) is 2. The Hall–Kier alpha value is -2.21. The van der Waals surface area contributed by atoms with Gasteiger partial charge >= 0.3 is 5.97 Å². The van der Waals surface area contributed by atoms with Crippen molar-refractivity contribution in [3.05, 3.63) is 40.7 Å². The number of aromatic nitrogens is 2. The number of methoxy groups -OCH3 is 1. The largest absolute Gasteiger partial charge is 0.494 e. The molecule has 0 radical (unpaired) electrons. The van der Waals surface area contributed by atoms with Crippen LogP contribution in [0.3, 0.4) is 0 Å². The van der Waals surface area contributed by atoms with Crippen LogP contribution in [0.25, 0.3) is 11.1 Å². The van der Waals surface area contributed by atoms with Gasteiger partial charge in [-0.25, -0.2) is 14.2 Å². The van der Waals surface area contributed by atoms with Gasteiger partial charge in [0.2, 0.25) is 0 Å². The number of halogens is 2. The molecule has 0 saturated carbocycles. The number of hydrogen-bond donors (Lipinski definition) is 1. The average molecular weight is 297 g/mol. The molecule has 0 unspecified atom stereocenters. The smallest absolute Gasteiger partial charge is 0.339 e. The van der Waals surface area contributed by atoms with Crippen LogP contribution in [0.2, 0.25) is 5.15 Å². The summed E-state index contributed by atoms with van der Waals surface area (Å²) in [5, 5.41) is 9.05. The van der Waals surface area contributed by atoms with Gasteiger partial charge < -0.3 is 9.84 Å². The van der Waals surface area contributed by atoms with Crippen molar-refractivity contribution in [2.24, 2.45) is 0 Å². The van der Waals surface area contributed by atoms with Crippen LogP contribution >= 0.6 is 11.6 Å². The molecule has 0 fully saturated rings. The predicted molar refractivity (Wildman–Crippen MR) is 70.7 cm³/mol. The molecule has 2 aromatic rings. The van der Waals surface area contributed by atoms with E-state index < -0.39 is 11.8 Å². The second kappa shape index (κ2) is 5.42. The van der Waals surface area contributed by atoms with E-state index in [1.165, 1.54) is 19.4 Å². The highest BCUT2D eigenvalue weighted by atomic mass is 35.5. The van der Waals surface area contributed by atoms with Gasteiger partial charge in [-0.2, -0.15) is 0 Å². The SMILES string of the molecule is COc1cncc(F)c1-c1cc(C)nc(Cl)c1C(=O)O. The number of rotatable bonds is 3. The minimum Gasteiger partial charge on any atom is -0.494 e. The van der Waals surface area contributed by atoms with Crippen molar-refractivity contribution in [3.63, 3.8) is 0 Å². The summed E-state index contributed by atoms with van der Waals surface area (Å²) in [6, 6.07) is 1.44. The lowest BCUT2D eigenvalue weighted by molar-refractivity contribution is 0.0697. The fourth-order valence-corrected chi connectivity index (χ4v) is 2.19. The maximum absolute atomic E-state index is 14.0. The van der Waals surface area contributed by atoms with Crippen molar-refractivity contribution in [1.82, 2.24) is 9.97 Å². The van der Waals surface area contributed by atoms with E-state index in [9.17, 15) is 14.3 Å². The molecule has 2 rings (SSSR count). The fourth-order valence-electron chi connectivity index (χ4n) is 1.87. The van der Waals surface area contributed by atoms with Crippen molar-refractivity contribution in [1.29, 1.82) is 0 Å². The highest BCUT2D eigenvalue weighted by Gasteiger charge is 2.23. The number of aromatic carboxylic acids is 1. The number of carboxylic acid groups (broad SMARTS) is 1. The van der Waals surface area contributed by atoms with Crippen LogP contribution < -0.4 is 4.74 Å². The van der Waals surface area contributed by atoms with Crippen LogP contribution in [0.1, 0.15) is 16.1 Å². The first-order chi connectivity index (χ1) is 9.45. The van der Waals surface area contributed by atoms with Crippen molar-refractivity contribution >= 4 is 17.6 Å². The van der Waals surface area contributed by atoms with E-state index in [1.807, 2.05) is 0 Å². The van der Waals surface area contributed by atoms with E-state index in [1.54, 1.807) is 6.92 Å². The number of hydrogen-bond acceptors (Lipinski definition) is 4. The van der Waals surface area contributed by atoms with Crippen LogP contribution in [0, 0.1) is 12.7 Å². The van der Waals surface area contributed by atoms with Gasteiger partial charge in [0.1, 0.15) is 16.5 Å². The van der Waals surface area contributed by atoms with Crippen LogP contribution in [-0.4, -0.2) is 28.2 Å². The lowest BCUT2D eigenvalue weighted by Gasteiger charge is -2.13. The molecule has 2 aromatic heterocycles. The third kappa shape index (κ3) is 2.42. The lowest BCUT2D eigenvalue weighted by atomic mass is 10.0. The summed E-state index contributed by atoms with van der Waals surface area (Å²) in [7, 11) is 1.34. The molecule has 0 atom stereocenters. The third-order valence-electron chi connectivity index (χ3n) is 2.67. The first kappa shape index (κ1) is 14.2. The minimum atomic E-state index is -1.30. The van der Waals surface area contributed by atoms with Gasteiger partial charge in [0.15, 0.2) is 5.82 Å². The Bertz CT molecular complexity index is 692. The number of carbonyl (C=O) groups is 1. The molecule has 0 aromatic carbocycles. The first-order valence-electron chi connectivity index (χ1n) is 5.54. The van der Waals surface area contributed by atoms with E-state index in [4.69, 9.17) is 16.3 Å². The Kier molecular flexibility index (Phi) is 3.85. The maximum atomic E-state index is 14.0. The van der Waals surface area contributed by atoms with Crippen LogP contribution in [-0.2, 0) is 0 Å². The second-order valence-electron chi connectivity index (χ2n) is 3.98. The van der Waals surface area contributed by atoms with Gasteiger partial charge in [0, 0.05) is 11.3 Å². The number of pyridine rings is 2. The number of aryl methyl sites for hydroxylation is 1. The third-order valence-corrected chi connectivity index (χ3v) is 2.94. The van der Waals surface area contributed by atoms with E-state index in [2.05, 4.69) is 9.97 Å². The highest BCUT2D eigenvalue weighted by molar-refractivity contribution is 6.33. The van der Waals surface area contributed by atoms with Gasteiger partial charge in [-0.3, -0.25) is 4.98 Å². The second-order valence-corrected chi connectivity index (χ2v) is 4.34. The topological polar surface area (TPSA) is 72.3 Å².